The zero-order valence-electron chi connectivity index (χ0n) is 18.0. The van der Waals surface area contributed by atoms with Gasteiger partial charge >= 0.3 is 0 Å². The molecule has 0 aliphatic heterocycles. The average Bonchev–Trinajstić information content (AvgIpc) is 2.75. The molecule has 2 N–H and O–H groups in total. The summed E-state index contributed by atoms with van der Waals surface area (Å²) in [4.78, 5) is 0. The molecule has 3 atom stereocenters. The van der Waals surface area contributed by atoms with Crippen molar-refractivity contribution in [2.45, 2.75) is 102 Å². The van der Waals surface area contributed by atoms with Gasteiger partial charge in [-0.1, -0.05) is 58.3 Å². The molecule has 1 saturated carbocycles. The summed E-state index contributed by atoms with van der Waals surface area (Å²) in [6, 6.07) is 0. The smallest absolute Gasteiger partial charge is 0.266 e. The molecule has 0 radical (unpaired) electrons. The molecule has 178 valence electrons. The first-order valence-electron chi connectivity index (χ1n) is 11.3. The molecule has 0 amide bonds. The largest absolute Gasteiger partial charge is 0.346 e. The monoisotopic (exact) mass is 452 g/mol. The Hall–Kier alpha value is -1.25. The van der Waals surface area contributed by atoms with Crippen LogP contribution in [0.2, 0.25) is 0 Å². The molecule has 0 saturated heterocycles. The van der Waals surface area contributed by atoms with Crippen LogP contribution in [-0.2, 0) is 4.74 Å². The number of unbranched alkanes of at least 4 members (excludes halogenated alkanes) is 6. The minimum absolute atomic E-state index is 0.159. The molecule has 0 spiro atoms. The summed E-state index contributed by atoms with van der Waals surface area (Å²) in [5.74, 6) is -10.7. The Morgan fingerprint density at radius 1 is 0.806 bits per heavy atom. The Morgan fingerprint density at radius 3 is 1.94 bits per heavy atom. The third-order valence-corrected chi connectivity index (χ3v) is 6.28. The van der Waals surface area contributed by atoms with E-state index in [0.29, 0.717) is 25.7 Å². The van der Waals surface area contributed by atoms with E-state index in [1.165, 1.54) is 12.8 Å². The highest BCUT2D eigenvalue weighted by Crippen LogP contribution is 2.42. The van der Waals surface area contributed by atoms with Gasteiger partial charge in [0.05, 0.1) is 6.10 Å². The number of hydrogen-bond donors (Lipinski definition) is 2. The minimum atomic E-state index is -2.16. The van der Waals surface area contributed by atoms with E-state index in [1.807, 2.05) is 0 Å². The standard InChI is InChI=1S/C23H33F5O3/c1-2-3-4-5-6-7-8-12-16(31-23(29)30)14-10-9-11-15(13-14)17-18(24)20(26)22(28)21(27)19(17)25/h14-16,23,29-30H,2-13H2,1H3. The minimum Gasteiger partial charge on any atom is -0.346 e. The lowest BCUT2D eigenvalue weighted by Crippen LogP contribution is -2.32. The van der Waals surface area contributed by atoms with Gasteiger partial charge in [0.15, 0.2) is 23.3 Å². The van der Waals surface area contributed by atoms with Crippen molar-refractivity contribution in [3.05, 3.63) is 34.6 Å². The molecule has 8 heteroatoms. The first-order chi connectivity index (χ1) is 14.8. The van der Waals surface area contributed by atoms with Crippen molar-refractivity contribution in [1.82, 2.24) is 0 Å². The van der Waals surface area contributed by atoms with Crippen LogP contribution in [-0.4, -0.2) is 22.8 Å². The third kappa shape index (κ3) is 7.12. The molecule has 1 aliphatic carbocycles. The summed E-state index contributed by atoms with van der Waals surface area (Å²) in [6.45, 7) is 0.163. The van der Waals surface area contributed by atoms with Crippen LogP contribution in [0.25, 0.3) is 0 Å². The highest BCUT2D eigenvalue weighted by atomic mass is 19.2. The van der Waals surface area contributed by atoms with E-state index in [-0.39, 0.29) is 12.3 Å². The summed E-state index contributed by atoms with van der Waals surface area (Å²) in [5, 5.41) is 18.6. The van der Waals surface area contributed by atoms with Gasteiger partial charge in [0.2, 0.25) is 5.82 Å². The van der Waals surface area contributed by atoms with Crippen molar-refractivity contribution < 1.29 is 36.9 Å². The maximum Gasteiger partial charge on any atom is 0.266 e. The molecule has 0 bridgehead atoms. The molecule has 31 heavy (non-hydrogen) atoms. The van der Waals surface area contributed by atoms with Crippen molar-refractivity contribution in [1.29, 1.82) is 0 Å². The first kappa shape index (κ1) is 26.0. The van der Waals surface area contributed by atoms with Crippen LogP contribution in [0.5, 0.6) is 0 Å². The second kappa shape index (κ2) is 12.7. The van der Waals surface area contributed by atoms with E-state index in [4.69, 9.17) is 4.74 Å². The maximum atomic E-state index is 14.3. The molecular weight excluding hydrogens is 419 g/mol. The van der Waals surface area contributed by atoms with Crippen LogP contribution in [0.1, 0.15) is 95.5 Å². The van der Waals surface area contributed by atoms with Crippen molar-refractivity contribution in [2.24, 2.45) is 5.92 Å². The predicted molar refractivity (Wildman–Crippen MR) is 107 cm³/mol. The zero-order valence-corrected chi connectivity index (χ0v) is 18.0. The van der Waals surface area contributed by atoms with Crippen LogP contribution in [0.4, 0.5) is 22.0 Å². The van der Waals surface area contributed by atoms with Gasteiger partial charge < -0.3 is 14.9 Å². The Balaban J connectivity index is 2.05. The topological polar surface area (TPSA) is 49.7 Å². The molecular formula is C23H33F5O3. The van der Waals surface area contributed by atoms with E-state index in [2.05, 4.69) is 6.92 Å². The number of halogens is 5. The number of aliphatic hydroxyl groups is 2. The fourth-order valence-electron chi connectivity index (χ4n) is 4.68. The number of aliphatic hydroxyl groups excluding tert-OH is 1. The van der Waals surface area contributed by atoms with Crippen LogP contribution >= 0.6 is 0 Å². The molecule has 1 aliphatic rings. The van der Waals surface area contributed by atoms with Crippen molar-refractivity contribution in [3.63, 3.8) is 0 Å². The second-order valence-electron chi connectivity index (χ2n) is 8.52. The lowest BCUT2D eigenvalue weighted by Gasteiger charge is -2.35. The summed E-state index contributed by atoms with van der Waals surface area (Å²) >= 11 is 0. The molecule has 3 unspecified atom stereocenters. The average molecular weight is 453 g/mol. The van der Waals surface area contributed by atoms with Crippen LogP contribution in [0, 0.1) is 35.0 Å². The fraction of sp³-hybridized carbons (Fsp3) is 0.739. The van der Waals surface area contributed by atoms with Gasteiger partial charge in [-0.05, 0) is 37.5 Å². The van der Waals surface area contributed by atoms with E-state index in [1.54, 1.807) is 0 Å². The quantitative estimate of drug-likeness (QED) is 0.126. The molecule has 0 aromatic heterocycles. The van der Waals surface area contributed by atoms with Gasteiger partial charge in [0, 0.05) is 5.56 Å². The Morgan fingerprint density at radius 2 is 1.35 bits per heavy atom. The van der Waals surface area contributed by atoms with Gasteiger partial charge in [-0.15, -0.1) is 0 Å². The van der Waals surface area contributed by atoms with Gasteiger partial charge in [0.1, 0.15) is 0 Å². The molecule has 1 fully saturated rings. The fourth-order valence-corrected chi connectivity index (χ4v) is 4.68. The second-order valence-corrected chi connectivity index (χ2v) is 8.52. The zero-order chi connectivity index (χ0) is 23.0. The highest BCUT2D eigenvalue weighted by molar-refractivity contribution is 5.28. The molecule has 0 heterocycles. The van der Waals surface area contributed by atoms with Crippen molar-refractivity contribution in [3.8, 4) is 0 Å². The highest BCUT2D eigenvalue weighted by Gasteiger charge is 2.36. The number of rotatable bonds is 12. The molecule has 1 aromatic carbocycles. The summed E-state index contributed by atoms with van der Waals surface area (Å²) in [5.41, 5.74) is -0.777. The first-order valence-corrected chi connectivity index (χ1v) is 11.3. The molecule has 2 rings (SSSR count). The van der Waals surface area contributed by atoms with Gasteiger partial charge in [-0.3, -0.25) is 0 Å². The third-order valence-electron chi connectivity index (χ3n) is 6.28. The van der Waals surface area contributed by atoms with Crippen LogP contribution in [0.15, 0.2) is 0 Å². The molecule has 3 nitrogen and oxygen atoms in total. The van der Waals surface area contributed by atoms with E-state index in [9.17, 15) is 32.2 Å². The van der Waals surface area contributed by atoms with Gasteiger partial charge in [-0.2, -0.15) is 0 Å². The van der Waals surface area contributed by atoms with E-state index >= 15 is 0 Å². The number of hydrogen-bond acceptors (Lipinski definition) is 3. The predicted octanol–water partition coefficient (Wildman–Crippen LogP) is 6.45. The number of benzene rings is 1. The van der Waals surface area contributed by atoms with Crippen LogP contribution in [0.3, 0.4) is 0 Å². The lowest BCUT2D eigenvalue weighted by molar-refractivity contribution is -0.266. The van der Waals surface area contributed by atoms with Gasteiger partial charge in [0.25, 0.3) is 6.48 Å². The summed E-state index contributed by atoms with van der Waals surface area (Å²) < 4.78 is 74.5. The maximum absolute atomic E-state index is 14.3. The SMILES string of the molecule is CCCCCCCCCC(OC(O)O)C1CCCC(c2c(F)c(F)c(F)c(F)c2F)C1. The Kier molecular flexibility index (Phi) is 10.7. The summed E-state index contributed by atoms with van der Waals surface area (Å²) in [6.07, 6.45) is 9.07. The Labute approximate surface area is 180 Å². The van der Waals surface area contributed by atoms with Gasteiger partial charge in [-0.25, -0.2) is 22.0 Å². The lowest BCUT2D eigenvalue weighted by atomic mass is 9.74. The van der Waals surface area contributed by atoms with E-state index in [0.717, 1.165) is 32.1 Å². The Bertz CT molecular complexity index is 669. The van der Waals surface area contributed by atoms with Crippen molar-refractivity contribution in [2.75, 3.05) is 0 Å². The van der Waals surface area contributed by atoms with Crippen LogP contribution < -0.4 is 0 Å². The number of ether oxygens (including phenoxy) is 1. The molecule has 1 aromatic rings. The van der Waals surface area contributed by atoms with Crippen molar-refractivity contribution >= 4 is 0 Å². The van der Waals surface area contributed by atoms with E-state index < -0.39 is 53.1 Å². The summed E-state index contributed by atoms with van der Waals surface area (Å²) in [7, 11) is 0. The normalized spacial score (nSPS) is 20.4.